The molecule has 5 heteroatoms. The minimum absolute atomic E-state index is 0.112. The third kappa shape index (κ3) is 2.97. The van der Waals surface area contributed by atoms with Gasteiger partial charge in [0.25, 0.3) is 0 Å². The summed E-state index contributed by atoms with van der Waals surface area (Å²) in [6.45, 7) is 4.22. The average molecular weight is 289 g/mol. The molecule has 0 aliphatic heterocycles. The highest BCUT2D eigenvalue weighted by Gasteiger charge is 2.33. The topological polar surface area (TPSA) is 55.1 Å². The van der Waals surface area contributed by atoms with E-state index in [9.17, 15) is 4.79 Å². The number of anilines is 1. The second kappa shape index (κ2) is 6.41. The van der Waals surface area contributed by atoms with Gasteiger partial charge in [0.05, 0.1) is 21.1 Å². The maximum Gasteiger partial charge on any atom is 0.231 e. The van der Waals surface area contributed by atoms with Crippen LogP contribution in [0.15, 0.2) is 18.2 Å². The van der Waals surface area contributed by atoms with Gasteiger partial charge >= 0.3 is 0 Å². The van der Waals surface area contributed by atoms with Crippen LogP contribution < -0.4 is 11.1 Å². The zero-order valence-electron chi connectivity index (χ0n) is 10.6. The second-order valence-corrected chi connectivity index (χ2v) is 5.03. The smallest absolute Gasteiger partial charge is 0.231 e. The van der Waals surface area contributed by atoms with Gasteiger partial charge in [-0.2, -0.15) is 0 Å². The van der Waals surface area contributed by atoms with Crippen LogP contribution in [0.3, 0.4) is 0 Å². The van der Waals surface area contributed by atoms with E-state index < -0.39 is 5.41 Å². The van der Waals surface area contributed by atoms with Crippen LogP contribution in [0.5, 0.6) is 0 Å². The molecule has 1 amide bonds. The van der Waals surface area contributed by atoms with Gasteiger partial charge in [0.1, 0.15) is 0 Å². The normalized spacial score (nSPS) is 11.4. The Labute approximate surface area is 118 Å². The first kappa shape index (κ1) is 15.3. The van der Waals surface area contributed by atoms with Crippen LogP contribution >= 0.6 is 23.2 Å². The first-order valence-electron chi connectivity index (χ1n) is 5.96. The molecule has 0 atom stereocenters. The van der Waals surface area contributed by atoms with E-state index in [0.29, 0.717) is 35.1 Å². The van der Waals surface area contributed by atoms with E-state index in [1.807, 2.05) is 13.8 Å². The second-order valence-electron chi connectivity index (χ2n) is 4.25. The van der Waals surface area contributed by atoms with E-state index in [2.05, 4.69) is 5.32 Å². The number of carbonyl (C=O) groups is 1. The van der Waals surface area contributed by atoms with E-state index in [1.54, 1.807) is 18.2 Å². The Hall–Kier alpha value is -0.770. The van der Waals surface area contributed by atoms with Crippen molar-refractivity contribution in [2.24, 2.45) is 11.1 Å². The minimum Gasteiger partial charge on any atom is -0.329 e. The van der Waals surface area contributed by atoms with Gasteiger partial charge < -0.3 is 11.1 Å². The van der Waals surface area contributed by atoms with Gasteiger partial charge in [-0.25, -0.2) is 0 Å². The summed E-state index contributed by atoms with van der Waals surface area (Å²) in [5, 5.41) is 3.58. The minimum atomic E-state index is -0.550. The Morgan fingerprint density at radius 3 is 2.44 bits per heavy atom. The highest BCUT2D eigenvalue weighted by molar-refractivity contribution is 6.44. The van der Waals surface area contributed by atoms with Crippen LogP contribution in [0.1, 0.15) is 26.7 Å². The lowest BCUT2D eigenvalue weighted by molar-refractivity contribution is -0.125. The summed E-state index contributed by atoms with van der Waals surface area (Å²) < 4.78 is 0. The largest absolute Gasteiger partial charge is 0.329 e. The van der Waals surface area contributed by atoms with Gasteiger partial charge in [0.2, 0.25) is 5.91 Å². The summed E-state index contributed by atoms with van der Waals surface area (Å²) in [6, 6.07) is 5.14. The first-order chi connectivity index (χ1) is 8.50. The Balaban J connectivity index is 2.97. The number of carbonyl (C=O) groups excluding carboxylic acids is 1. The van der Waals surface area contributed by atoms with Gasteiger partial charge in [0.15, 0.2) is 0 Å². The predicted octanol–water partition coefficient (Wildman–Crippen LogP) is 3.70. The molecule has 0 fully saturated rings. The number of benzene rings is 1. The number of halogens is 2. The Morgan fingerprint density at radius 1 is 1.33 bits per heavy atom. The highest BCUT2D eigenvalue weighted by atomic mass is 35.5. The van der Waals surface area contributed by atoms with Crippen molar-refractivity contribution < 1.29 is 4.79 Å². The van der Waals surface area contributed by atoms with E-state index in [0.717, 1.165) is 0 Å². The van der Waals surface area contributed by atoms with Crippen molar-refractivity contribution >= 4 is 34.8 Å². The number of hydrogen-bond donors (Lipinski definition) is 2. The molecule has 0 spiro atoms. The fraction of sp³-hybridized carbons (Fsp3) is 0.462. The third-order valence-electron chi connectivity index (χ3n) is 3.43. The molecule has 0 unspecified atom stereocenters. The molecule has 1 aromatic rings. The van der Waals surface area contributed by atoms with Crippen LogP contribution in [0, 0.1) is 5.41 Å². The Kier molecular flexibility index (Phi) is 5.45. The summed E-state index contributed by atoms with van der Waals surface area (Å²) in [6.07, 6.45) is 1.37. The molecule has 0 bridgehead atoms. The van der Waals surface area contributed by atoms with E-state index >= 15 is 0 Å². The van der Waals surface area contributed by atoms with Crippen LogP contribution in [0.2, 0.25) is 10.0 Å². The molecule has 0 radical (unpaired) electrons. The number of rotatable bonds is 5. The maximum absolute atomic E-state index is 12.3. The summed E-state index contributed by atoms with van der Waals surface area (Å²) >= 11 is 11.9. The number of nitrogens with one attached hydrogen (secondary N) is 1. The van der Waals surface area contributed by atoms with Crippen molar-refractivity contribution in [3.05, 3.63) is 28.2 Å². The molecule has 0 heterocycles. The van der Waals surface area contributed by atoms with Gasteiger partial charge in [-0.05, 0) is 25.0 Å². The molecule has 0 saturated carbocycles. The van der Waals surface area contributed by atoms with Gasteiger partial charge in [-0.15, -0.1) is 0 Å². The van der Waals surface area contributed by atoms with Gasteiger partial charge in [-0.3, -0.25) is 4.79 Å². The molecule has 0 aliphatic rings. The van der Waals surface area contributed by atoms with Crippen molar-refractivity contribution in [2.45, 2.75) is 26.7 Å². The predicted molar refractivity (Wildman–Crippen MR) is 77.2 cm³/mol. The third-order valence-corrected chi connectivity index (χ3v) is 4.24. The average Bonchev–Trinajstić information content (AvgIpc) is 2.38. The number of nitrogens with two attached hydrogens (primary N) is 1. The lowest BCUT2D eigenvalue weighted by Crippen LogP contribution is -2.41. The standard InChI is InChI=1S/C13H18Cl2N2O/c1-3-13(4-2,8-16)12(18)17-10-7-5-6-9(14)11(10)15/h5-7H,3-4,8,16H2,1-2H3,(H,17,18). The van der Waals surface area contributed by atoms with Crippen molar-refractivity contribution in [1.82, 2.24) is 0 Å². The lowest BCUT2D eigenvalue weighted by Gasteiger charge is -2.28. The number of hydrogen-bond acceptors (Lipinski definition) is 2. The van der Waals surface area contributed by atoms with Crippen LogP contribution in [-0.2, 0) is 4.79 Å². The molecule has 0 aliphatic carbocycles. The Bertz CT molecular complexity index is 423. The van der Waals surface area contributed by atoms with E-state index in [-0.39, 0.29) is 5.91 Å². The molecule has 100 valence electrons. The van der Waals surface area contributed by atoms with Crippen molar-refractivity contribution in [2.75, 3.05) is 11.9 Å². The monoisotopic (exact) mass is 288 g/mol. The van der Waals surface area contributed by atoms with Crippen LogP contribution in [0.25, 0.3) is 0 Å². The highest BCUT2D eigenvalue weighted by Crippen LogP contribution is 2.32. The SMILES string of the molecule is CCC(CC)(CN)C(=O)Nc1cccc(Cl)c1Cl. The Morgan fingerprint density at radius 2 is 1.94 bits per heavy atom. The van der Waals surface area contributed by atoms with Crippen LogP contribution in [-0.4, -0.2) is 12.5 Å². The van der Waals surface area contributed by atoms with Crippen molar-refractivity contribution in [3.8, 4) is 0 Å². The molecule has 18 heavy (non-hydrogen) atoms. The molecular weight excluding hydrogens is 271 g/mol. The summed E-state index contributed by atoms with van der Waals surface area (Å²) in [5.74, 6) is -0.112. The molecule has 0 aromatic heterocycles. The summed E-state index contributed by atoms with van der Waals surface area (Å²) in [5.41, 5.74) is 5.70. The summed E-state index contributed by atoms with van der Waals surface area (Å²) in [7, 11) is 0. The molecule has 0 saturated heterocycles. The van der Waals surface area contributed by atoms with E-state index in [1.165, 1.54) is 0 Å². The number of amides is 1. The van der Waals surface area contributed by atoms with Gasteiger partial charge in [0, 0.05) is 6.54 Å². The van der Waals surface area contributed by atoms with E-state index in [4.69, 9.17) is 28.9 Å². The lowest BCUT2D eigenvalue weighted by atomic mass is 9.81. The molecule has 1 rings (SSSR count). The first-order valence-corrected chi connectivity index (χ1v) is 6.72. The summed E-state index contributed by atoms with van der Waals surface area (Å²) in [4.78, 5) is 12.3. The molecule has 3 nitrogen and oxygen atoms in total. The quantitative estimate of drug-likeness (QED) is 0.868. The fourth-order valence-electron chi connectivity index (χ4n) is 1.81. The fourth-order valence-corrected chi connectivity index (χ4v) is 2.16. The molecule has 3 N–H and O–H groups in total. The maximum atomic E-state index is 12.3. The molecular formula is C13H18Cl2N2O. The van der Waals surface area contributed by atoms with Gasteiger partial charge in [-0.1, -0.05) is 43.1 Å². The van der Waals surface area contributed by atoms with Crippen LogP contribution in [0.4, 0.5) is 5.69 Å². The zero-order chi connectivity index (χ0) is 13.8. The van der Waals surface area contributed by atoms with Crippen molar-refractivity contribution in [1.29, 1.82) is 0 Å². The zero-order valence-corrected chi connectivity index (χ0v) is 12.1. The molecule has 1 aromatic carbocycles. The van der Waals surface area contributed by atoms with Crippen molar-refractivity contribution in [3.63, 3.8) is 0 Å².